The SMILES string of the molecule is COc1ccc(CC(=O)NCCn2cnc(-c3ccc(F)cc3)cc2=O)cc1OC. The van der Waals surface area contributed by atoms with Gasteiger partial charge in [0, 0.05) is 24.7 Å². The van der Waals surface area contributed by atoms with Crippen LogP contribution in [0.4, 0.5) is 4.39 Å². The Morgan fingerprint density at radius 1 is 1.07 bits per heavy atom. The Hall–Kier alpha value is -3.68. The van der Waals surface area contributed by atoms with E-state index in [-0.39, 0.29) is 36.8 Å². The Kier molecular flexibility index (Phi) is 6.79. The molecule has 0 aliphatic heterocycles. The molecule has 30 heavy (non-hydrogen) atoms. The third-order valence-corrected chi connectivity index (χ3v) is 4.51. The van der Waals surface area contributed by atoms with Gasteiger partial charge in [0.15, 0.2) is 11.5 Å². The summed E-state index contributed by atoms with van der Waals surface area (Å²) in [6.45, 7) is 0.566. The van der Waals surface area contributed by atoms with E-state index >= 15 is 0 Å². The summed E-state index contributed by atoms with van der Waals surface area (Å²) in [4.78, 5) is 28.7. The zero-order valence-electron chi connectivity index (χ0n) is 16.7. The van der Waals surface area contributed by atoms with Gasteiger partial charge in [0.05, 0.1) is 32.7 Å². The number of nitrogens with zero attached hydrogens (tertiary/aromatic N) is 2. The molecular formula is C22H22FN3O4. The van der Waals surface area contributed by atoms with E-state index in [1.165, 1.54) is 36.2 Å². The third kappa shape index (κ3) is 5.22. The van der Waals surface area contributed by atoms with Crippen molar-refractivity contribution in [1.82, 2.24) is 14.9 Å². The summed E-state index contributed by atoms with van der Waals surface area (Å²) in [5, 5.41) is 2.79. The predicted octanol–water partition coefficient (Wildman–Crippen LogP) is 2.43. The van der Waals surface area contributed by atoms with Crippen LogP contribution in [-0.2, 0) is 17.8 Å². The number of aromatic nitrogens is 2. The third-order valence-electron chi connectivity index (χ3n) is 4.51. The molecule has 3 rings (SSSR count). The highest BCUT2D eigenvalue weighted by Crippen LogP contribution is 2.27. The molecule has 7 nitrogen and oxygen atoms in total. The first-order valence-corrected chi connectivity index (χ1v) is 9.30. The maximum atomic E-state index is 13.0. The molecule has 3 aromatic rings. The molecule has 0 fully saturated rings. The fourth-order valence-electron chi connectivity index (χ4n) is 2.93. The van der Waals surface area contributed by atoms with Gasteiger partial charge in [-0.05, 0) is 42.0 Å². The molecule has 2 aromatic carbocycles. The van der Waals surface area contributed by atoms with Crippen molar-refractivity contribution < 1.29 is 18.7 Å². The number of rotatable bonds is 8. The van der Waals surface area contributed by atoms with Crippen LogP contribution < -0.4 is 20.3 Å². The number of hydrogen-bond acceptors (Lipinski definition) is 5. The zero-order chi connectivity index (χ0) is 21.5. The predicted molar refractivity (Wildman–Crippen MR) is 110 cm³/mol. The van der Waals surface area contributed by atoms with E-state index in [1.54, 1.807) is 37.4 Å². The van der Waals surface area contributed by atoms with Crippen LogP contribution in [0.1, 0.15) is 5.56 Å². The lowest BCUT2D eigenvalue weighted by Gasteiger charge is -2.10. The molecule has 0 radical (unpaired) electrons. The van der Waals surface area contributed by atoms with Crippen molar-refractivity contribution >= 4 is 5.91 Å². The molecule has 0 unspecified atom stereocenters. The van der Waals surface area contributed by atoms with Crippen molar-refractivity contribution in [3.8, 4) is 22.8 Å². The Bertz CT molecular complexity index is 1080. The second kappa shape index (κ2) is 9.69. The normalized spacial score (nSPS) is 10.5. The lowest BCUT2D eigenvalue weighted by atomic mass is 10.1. The summed E-state index contributed by atoms with van der Waals surface area (Å²) in [6, 6.07) is 12.4. The molecule has 0 saturated carbocycles. The molecule has 0 atom stereocenters. The summed E-state index contributed by atoms with van der Waals surface area (Å²) in [6.07, 6.45) is 1.60. The number of amides is 1. The van der Waals surface area contributed by atoms with Gasteiger partial charge in [-0.15, -0.1) is 0 Å². The van der Waals surface area contributed by atoms with Gasteiger partial charge in [-0.2, -0.15) is 0 Å². The molecular weight excluding hydrogens is 389 g/mol. The lowest BCUT2D eigenvalue weighted by Crippen LogP contribution is -2.31. The highest BCUT2D eigenvalue weighted by atomic mass is 19.1. The van der Waals surface area contributed by atoms with E-state index in [0.29, 0.717) is 22.8 Å². The van der Waals surface area contributed by atoms with Gasteiger partial charge >= 0.3 is 0 Å². The molecule has 0 bridgehead atoms. The van der Waals surface area contributed by atoms with Crippen LogP contribution in [0.5, 0.6) is 11.5 Å². The number of ether oxygens (including phenoxy) is 2. The second-order valence-corrected chi connectivity index (χ2v) is 6.53. The summed E-state index contributed by atoms with van der Waals surface area (Å²) in [5.74, 6) is 0.626. The number of benzene rings is 2. The first-order valence-electron chi connectivity index (χ1n) is 9.30. The number of halogens is 1. The number of hydrogen-bond donors (Lipinski definition) is 1. The molecule has 8 heteroatoms. The minimum atomic E-state index is -0.351. The van der Waals surface area contributed by atoms with Crippen molar-refractivity contribution in [3.05, 3.63) is 76.6 Å². The van der Waals surface area contributed by atoms with Crippen LogP contribution in [0.3, 0.4) is 0 Å². The van der Waals surface area contributed by atoms with E-state index in [0.717, 1.165) is 5.56 Å². The molecule has 1 amide bonds. The minimum absolute atomic E-state index is 0.175. The van der Waals surface area contributed by atoms with E-state index in [4.69, 9.17) is 9.47 Å². The summed E-state index contributed by atoms with van der Waals surface area (Å²) < 4.78 is 24.9. The van der Waals surface area contributed by atoms with E-state index in [1.807, 2.05) is 0 Å². The van der Waals surface area contributed by atoms with Crippen molar-refractivity contribution in [1.29, 1.82) is 0 Å². The maximum absolute atomic E-state index is 13.0. The van der Waals surface area contributed by atoms with Gasteiger partial charge in [-0.25, -0.2) is 9.37 Å². The smallest absolute Gasteiger partial charge is 0.253 e. The van der Waals surface area contributed by atoms with Gasteiger partial charge in [-0.3, -0.25) is 14.2 Å². The molecule has 1 N–H and O–H groups in total. The number of carbonyl (C=O) groups excluding carboxylic acids is 1. The maximum Gasteiger partial charge on any atom is 0.253 e. The Morgan fingerprint density at radius 3 is 2.47 bits per heavy atom. The monoisotopic (exact) mass is 411 g/mol. The van der Waals surface area contributed by atoms with Crippen molar-refractivity contribution in [2.75, 3.05) is 20.8 Å². The summed E-state index contributed by atoms with van der Waals surface area (Å²) in [5.41, 5.74) is 1.66. The van der Waals surface area contributed by atoms with Crippen molar-refractivity contribution in [2.45, 2.75) is 13.0 Å². The number of methoxy groups -OCH3 is 2. The van der Waals surface area contributed by atoms with Gasteiger partial charge in [0.1, 0.15) is 5.82 Å². The minimum Gasteiger partial charge on any atom is -0.493 e. The average Bonchev–Trinajstić information content (AvgIpc) is 2.75. The lowest BCUT2D eigenvalue weighted by molar-refractivity contribution is -0.120. The standard InChI is InChI=1S/C22H22FN3O4/c1-29-19-8-3-15(11-20(19)30-2)12-21(27)24-9-10-26-14-25-18(13-22(26)28)16-4-6-17(23)7-5-16/h3-8,11,13-14H,9-10,12H2,1-2H3,(H,24,27). The second-order valence-electron chi connectivity index (χ2n) is 6.53. The molecule has 1 aromatic heterocycles. The fourth-order valence-corrected chi connectivity index (χ4v) is 2.93. The van der Waals surface area contributed by atoms with Crippen LogP contribution in [-0.4, -0.2) is 36.2 Å². The molecule has 0 saturated heterocycles. The van der Waals surface area contributed by atoms with Crippen LogP contribution in [0.25, 0.3) is 11.3 Å². The molecule has 1 heterocycles. The van der Waals surface area contributed by atoms with Gasteiger partial charge in [-0.1, -0.05) is 6.07 Å². The summed E-state index contributed by atoms with van der Waals surface area (Å²) in [7, 11) is 3.09. The Labute approximate surface area is 173 Å². The van der Waals surface area contributed by atoms with Crippen LogP contribution in [0.15, 0.2) is 59.7 Å². The van der Waals surface area contributed by atoms with Crippen LogP contribution in [0, 0.1) is 5.82 Å². The average molecular weight is 411 g/mol. The largest absolute Gasteiger partial charge is 0.493 e. The van der Waals surface area contributed by atoms with Crippen molar-refractivity contribution in [3.63, 3.8) is 0 Å². The van der Waals surface area contributed by atoms with Gasteiger partial charge < -0.3 is 14.8 Å². The fraction of sp³-hybridized carbons (Fsp3) is 0.227. The topological polar surface area (TPSA) is 82.5 Å². The molecule has 0 spiro atoms. The van der Waals surface area contributed by atoms with E-state index in [2.05, 4.69) is 10.3 Å². The van der Waals surface area contributed by atoms with Crippen LogP contribution in [0.2, 0.25) is 0 Å². The summed E-state index contributed by atoms with van der Waals surface area (Å²) >= 11 is 0. The molecule has 0 aliphatic carbocycles. The van der Waals surface area contributed by atoms with Crippen molar-refractivity contribution in [2.24, 2.45) is 0 Å². The number of nitrogens with one attached hydrogen (secondary N) is 1. The molecule has 156 valence electrons. The highest BCUT2D eigenvalue weighted by molar-refractivity contribution is 5.78. The van der Waals surface area contributed by atoms with E-state index in [9.17, 15) is 14.0 Å². The van der Waals surface area contributed by atoms with Gasteiger partial charge in [0.25, 0.3) is 5.56 Å². The van der Waals surface area contributed by atoms with E-state index < -0.39 is 0 Å². The number of carbonyl (C=O) groups is 1. The highest BCUT2D eigenvalue weighted by Gasteiger charge is 2.09. The Balaban J connectivity index is 1.55. The van der Waals surface area contributed by atoms with Crippen LogP contribution >= 0.6 is 0 Å². The zero-order valence-corrected chi connectivity index (χ0v) is 16.7. The molecule has 0 aliphatic rings. The van der Waals surface area contributed by atoms with Gasteiger partial charge in [0.2, 0.25) is 5.91 Å². The Morgan fingerprint density at radius 2 is 1.80 bits per heavy atom. The quantitative estimate of drug-likeness (QED) is 0.616. The first-order chi connectivity index (χ1) is 14.5. The first kappa shape index (κ1) is 21.0.